The van der Waals surface area contributed by atoms with Crippen LogP contribution < -0.4 is 10.6 Å². The molecule has 56 heavy (non-hydrogen) atoms. The van der Waals surface area contributed by atoms with Gasteiger partial charge in [-0.25, -0.2) is 4.98 Å². The van der Waals surface area contributed by atoms with Gasteiger partial charge in [-0.3, -0.25) is 14.3 Å². The lowest BCUT2D eigenvalue weighted by Gasteiger charge is -2.46. The summed E-state index contributed by atoms with van der Waals surface area (Å²) >= 11 is 0. The highest BCUT2D eigenvalue weighted by Crippen LogP contribution is 2.53. The van der Waals surface area contributed by atoms with Gasteiger partial charge in [-0.2, -0.15) is 5.10 Å². The Hall–Kier alpha value is -3.41. The van der Waals surface area contributed by atoms with Crippen molar-refractivity contribution in [1.29, 1.82) is 5.41 Å². The molecule has 2 aliphatic carbocycles. The molecule has 2 aromatic rings. The maximum atomic E-state index is 12.5. The molecule has 2 amide bonds. The lowest BCUT2D eigenvalue weighted by molar-refractivity contribution is -0.135. The summed E-state index contributed by atoms with van der Waals surface area (Å²) in [5.74, 6) is 3.30. The number of carbonyl (C=O) groups excluding carboxylic acids is 2. The summed E-state index contributed by atoms with van der Waals surface area (Å²) in [7, 11) is 1.77. The maximum absolute atomic E-state index is 12.5. The zero-order valence-electron chi connectivity index (χ0n) is 38.6. The number of carbonyl (C=O) groups is 2. The molecule has 9 heteroatoms. The van der Waals surface area contributed by atoms with Crippen molar-refractivity contribution in [2.24, 2.45) is 36.1 Å². The van der Waals surface area contributed by atoms with Crippen LogP contribution in [0.2, 0.25) is 0 Å². The van der Waals surface area contributed by atoms with Gasteiger partial charge in [-0.05, 0) is 87.5 Å². The molecule has 2 saturated carbocycles. The van der Waals surface area contributed by atoms with Gasteiger partial charge < -0.3 is 21.0 Å². The summed E-state index contributed by atoms with van der Waals surface area (Å²) in [4.78, 5) is 31.4. The minimum absolute atomic E-state index is 0.0531. The van der Waals surface area contributed by atoms with Crippen LogP contribution in [0, 0.1) is 54.3 Å². The highest BCUT2D eigenvalue weighted by Gasteiger charge is 2.45. The highest BCUT2D eigenvalue weighted by molar-refractivity contribution is 5.92. The lowest BCUT2D eigenvalue weighted by Crippen LogP contribution is -2.57. The fourth-order valence-corrected chi connectivity index (χ4v) is 6.69. The van der Waals surface area contributed by atoms with Crippen molar-refractivity contribution in [2.75, 3.05) is 0 Å². The summed E-state index contributed by atoms with van der Waals surface area (Å²) in [6, 6.07) is 2.14. The van der Waals surface area contributed by atoms with E-state index in [1.807, 2.05) is 47.7 Å². The second kappa shape index (κ2) is 31.6. The number of aryl methyl sites for hydroxylation is 2. The number of amides is 2. The van der Waals surface area contributed by atoms with Crippen LogP contribution in [0.25, 0.3) is 0 Å². The number of aromatic nitrogens is 4. The minimum atomic E-state index is -0.106. The van der Waals surface area contributed by atoms with Crippen molar-refractivity contribution in [2.45, 2.75) is 198 Å². The third-order valence-electron chi connectivity index (χ3n) is 11.3. The molecule has 9 nitrogen and oxygen atoms in total. The number of piperidine rings is 2. The van der Waals surface area contributed by atoms with E-state index in [1.165, 1.54) is 57.8 Å². The first-order chi connectivity index (χ1) is 26.8. The Bertz CT molecular complexity index is 1320. The van der Waals surface area contributed by atoms with E-state index in [-0.39, 0.29) is 23.8 Å². The molecule has 322 valence electrons. The zero-order chi connectivity index (χ0) is 43.3. The first kappa shape index (κ1) is 54.7. The number of unbranched alkanes of at least 4 members (excludes halogenated alkanes) is 1. The third-order valence-corrected chi connectivity index (χ3v) is 11.3. The molecular weight excluding hydrogens is 695 g/mol. The Morgan fingerprint density at radius 3 is 2.00 bits per heavy atom. The largest absolute Gasteiger partial charge is 0.353 e. The summed E-state index contributed by atoms with van der Waals surface area (Å²) < 4.78 is 1.59. The van der Waals surface area contributed by atoms with Crippen molar-refractivity contribution in [3.8, 4) is 12.8 Å². The first-order valence-corrected chi connectivity index (χ1v) is 22.4. The molecule has 2 bridgehead atoms. The molecule has 2 saturated heterocycles. The number of nitrogens with one attached hydrogen (secondary N) is 4. The molecule has 0 spiro atoms. The normalized spacial score (nSPS) is 19.2. The summed E-state index contributed by atoms with van der Waals surface area (Å²) in [6.07, 6.45) is 29.4. The molecule has 2 aliphatic heterocycles. The predicted octanol–water partition coefficient (Wildman–Crippen LogP) is 12.2. The van der Waals surface area contributed by atoms with Crippen LogP contribution in [0.15, 0.2) is 18.5 Å². The molecule has 0 aromatic carbocycles. The topological polar surface area (TPSA) is 129 Å². The molecule has 4 fully saturated rings. The van der Waals surface area contributed by atoms with Crippen molar-refractivity contribution >= 4 is 17.5 Å². The van der Waals surface area contributed by atoms with Gasteiger partial charge >= 0.3 is 0 Å². The Morgan fingerprint density at radius 2 is 1.59 bits per heavy atom. The number of rotatable bonds is 16. The molecule has 2 aromatic heterocycles. The van der Waals surface area contributed by atoms with Gasteiger partial charge in [0.25, 0.3) is 5.91 Å². The zero-order valence-corrected chi connectivity index (χ0v) is 38.6. The molecule has 0 radical (unpaired) electrons. The number of nitrogens with zero attached hydrogens (tertiary/aromatic N) is 3. The highest BCUT2D eigenvalue weighted by atomic mass is 16.2. The number of terminal acetylenes is 1. The summed E-state index contributed by atoms with van der Waals surface area (Å²) in [5.41, 5.74) is 3.05. The van der Waals surface area contributed by atoms with Crippen molar-refractivity contribution < 1.29 is 9.59 Å². The van der Waals surface area contributed by atoms with E-state index in [4.69, 9.17) is 5.41 Å². The molecule has 4 heterocycles. The van der Waals surface area contributed by atoms with E-state index >= 15 is 0 Å². The first-order valence-electron chi connectivity index (χ1n) is 22.4. The molecule has 4 unspecified atom stereocenters. The SMILES string of the molecule is C#C.CC.CC.CCC(=N)CC1C(=O)NC2CC1C2.CCC(C)CC1(CC)CC1.CCC(C)CCCC(NC(=O)c1ccnn1C)c1cnc(C)[nH]1.CCCC. The van der Waals surface area contributed by atoms with Gasteiger partial charge in [0.15, 0.2) is 0 Å². The third kappa shape index (κ3) is 20.7. The quantitative estimate of drug-likeness (QED) is 0.0998. The van der Waals surface area contributed by atoms with Crippen LogP contribution in [-0.2, 0) is 11.8 Å². The van der Waals surface area contributed by atoms with Gasteiger partial charge in [0.05, 0.1) is 17.9 Å². The monoisotopic (exact) mass is 782 g/mol. The van der Waals surface area contributed by atoms with Gasteiger partial charge in [0.1, 0.15) is 11.5 Å². The number of imidazole rings is 1. The van der Waals surface area contributed by atoms with Crippen molar-refractivity contribution in [3.05, 3.63) is 35.7 Å². The van der Waals surface area contributed by atoms with Crippen LogP contribution in [0.4, 0.5) is 0 Å². The number of H-pyrrole nitrogens is 1. The summed E-state index contributed by atoms with van der Waals surface area (Å²) in [6.45, 7) is 27.8. The van der Waals surface area contributed by atoms with Gasteiger partial charge in [0, 0.05) is 30.9 Å². The van der Waals surface area contributed by atoms with Crippen LogP contribution in [0.3, 0.4) is 0 Å². The van der Waals surface area contributed by atoms with Gasteiger partial charge in [-0.15, -0.1) is 12.8 Å². The number of hydrogen-bond acceptors (Lipinski definition) is 5. The average Bonchev–Trinajstić information content (AvgIpc) is 3.62. The number of fused-ring (bicyclic) bond motifs is 2. The molecule has 4 N–H and O–H groups in total. The van der Waals surface area contributed by atoms with Crippen molar-refractivity contribution in [1.82, 2.24) is 30.4 Å². The van der Waals surface area contributed by atoms with Crippen molar-refractivity contribution in [3.63, 3.8) is 0 Å². The standard InChI is InChI=1S/C17H27N5O.C10H16N2O.C10H20.C4H10.2C2H6.C2H2/c1-5-12(2)7-6-8-14(15-11-18-13(3)20-15)21-17(23)16-9-10-19-22(16)4;1-2-7(11)5-9-6-3-8(4-6)12-10(9)13;1-4-9(3)8-10(5-2)6-7-10;1-3-4-2;3*1-2/h9-12,14H,5-8H2,1-4H3,(H,18,20)(H,21,23);6,8-9,11H,2-5H2,1H3,(H,12,13);9H,4-8H2,1-3H3;3-4H2,1-2H3;2*1-2H3;1-2H. The molecule has 6 rings (SSSR count). The second-order valence-electron chi connectivity index (χ2n) is 15.5. The van der Waals surface area contributed by atoms with E-state index in [9.17, 15) is 9.59 Å². The van der Waals surface area contributed by atoms with E-state index in [0.29, 0.717) is 35.7 Å². The smallest absolute Gasteiger partial charge is 0.270 e. The van der Waals surface area contributed by atoms with E-state index in [0.717, 1.165) is 55.0 Å². The Morgan fingerprint density at radius 1 is 1.00 bits per heavy atom. The lowest BCUT2D eigenvalue weighted by atomic mass is 9.67. The predicted molar refractivity (Wildman–Crippen MR) is 240 cm³/mol. The van der Waals surface area contributed by atoms with E-state index < -0.39 is 0 Å². The Kier molecular flexibility index (Phi) is 30.9. The Labute approximate surface area is 345 Å². The number of hydrogen-bond donors (Lipinski definition) is 4. The maximum Gasteiger partial charge on any atom is 0.270 e. The molecule has 4 aliphatic rings. The van der Waals surface area contributed by atoms with Crippen LogP contribution >= 0.6 is 0 Å². The van der Waals surface area contributed by atoms with Gasteiger partial charge in [0.2, 0.25) is 5.91 Å². The van der Waals surface area contributed by atoms with Gasteiger partial charge in [-0.1, -0.05) is 128 Å². The van der Waals surface area contributed by atoms with Crippen LogP contribution in [-0.4, -0.2) is 43.3 Å². The van der Waals surface area contributed by atoms with E-state index in [1.54, 1.807) is 24.0 Å². The fraction of sp³-hybridized carbons (Fsp3) is 0.766. The van der Waals surface area contributed by atoms with Crippen LogP contribution in [0.1, 0.15) is 207 Å². The minimum Gasteiger partial charge on any atom is -0.353 e. The van der Waals surface area contributed by atoms with Crippen LogP contribution in [0.5, 0.6) is 0 Å². The molecular formula is C47H87N7O2. The second-order valence-corrected chi connectivity index (χ2v) is 15.5. The average molecular weight is 782 g/mol. The number of aromatic amines is 1. The fourth-order valence-electron chi connectivity index (χ4n) is 6.69. The Balaban J connectivity index is 0. The molecule has 4 atom stereocenters. The summed E-state index contributed by atoms with van der Waals surface area (Å²) in [5, 5.41) is 17.7. The van der Waals surface area contributed by atoms with E-state index in [2.05, 4.69) is 87.0 Å².